The summed E-state index contributed by atoms with van der Waals surface area (Å²) in [5.41, 5.74) is 0.223. The van der Waals surface area contributed by atoms with Crippen LogP contribution in [0, 0.1) is 10.1 Å². The molecular weight excluding hydrogens is 306 g/mol. The lowest BCUT2D eigenvalue weighted by Gasteiger charge is -2.20. The van der Waals surface area contributed by atoms with Crippen molar-refractivity contribution in [3.8, 4) is 0 Å². The van der Waals surface area contributed by atoms with Crippen molar-refractivity contribution in [3.05, 3.63) is 28.3 Å². The largest absolute Gasteiger partial charge is 0.381 e. The van der Waals surface area contributed by atoms with E-state index in [9.17, 15) is 18.5 Å². The smallest absolute Gasteiger partial charge is 0.270 e. The van der Waals surface area contributed by atoms with Crippen molar-refractivity contribution < 1.29 is 13.3 Å². The van der Waals surface area contributed by atoms with Gasteiger partial charge in [-0.1, -0.05) is 0 Å². The molecule has 2 atom stereocenters. The summed E-state index contributed by atoms with van der Waals surface area (Å²) in [6, 6.07) is 4.58. The lowest BCUT2D eigenvalue weighted by atomic mass is 10.2. The first-order valence-corrected chi connectivity index (χ1v) is 8.99. The molecule has 2 rings (SSSR count). The highest BCUT2D eigenvalue weighted by Gasteiger charge is 2.27. The van der Waals surface area contributed by atoms with Gasteiger partial charge in [0, 0.05) is 30.5 Å². The minimum Gasteiger partial charge on any atom is -0.381 e. The predicted octanol–water partition coefficient (Wildman–Crippen LogP) is 1.89. The van der Waals surface area contributed by atoms with Gasteiger partial charge in [0.15, 0.2) is 9.84 Å². The number of anilines is 1. The summed E-state index contributed by atoms with van der Waals surface area (Å²) in [5.74, 6) is 0. The van der Waals surface area contributed by atoms with Crippen molar-refractivity contribution in [2.75, 3.05) is 25.7 Å². The first-order chi connectivity index (χ1) is 10.2. The first-order valence-electron chi connectivity index (χ1n) is 7.10. The quantitative estimate of drug-likeness (QED) is 0.656. The van der Waals surface area contributed by atoms with Crippen molar-refractivity contribution in [2.24, 2.45) is 0 Å². The molecule has 0 saturated heterocycles. The van der Waals surface area contributed by atoms with E-state index in [4.69, 9.17) is 0 Å². The van der Waals surface area contributed by atoms with Crippen LogP contribution in [0.25, 0.3) is 0 Å². The first kappa shape index (κ1) is 16.7. The molecule has 1 fully saturated rings. The van der Waals surface area contributed by atoms with Crippen LogP contribution in [0.5, 0.6) is 0 Å². The summed E-state index contributed by atoms with van der Waals surface area (Å²) in [7, 11) is 0.519. The molecule has 0 bridgehead atoms. The lowest BCUT2D eigenvalue weighted by Crippen LogP contribution is -2.27. The Bertz CT molecular complexity index is 673. The van der Waals surface area contributed by atoms with Gasteiger partial charge in [0.2, 0.25) is 0 Å². The molecule has 1 aromatic rings. The van der Waals surface area contributed by atoms with E-state index in [0.29, 0.717) is 11.7 Å². The molecule has 0 spiro atoms. The molecule has 0 heterocycles. The van der Waals surface area contributed by atoms with Gasteiger partial charge in [0.1, 0.15) is 0 Å². The van der Waals surface area contributed by atoms with E-state index in [-0.39, 0.29) is 16.6 Å². The van der Waals surface area contributed by atoms with Gasteiger partial charge in [-0.25, -0.2) is 8.42 Å². The molecule has 122 valence electrons. The fraction of sp³-hybridized carbons (Fsp3) is 0.571. The van der Waals surface area contributed by atoms with Gasteiger partial charge in [0.25, 0.3) is 5.69 Å². The molecule has 0 aromatic heterocycles. The summed E-state index contributed by atoms with van der Waals surface area (Å²) < 4.78 is 23.8. The maximum atomic E-state index is 11.9. The minimum atomic E-state index is -3.54. The van der Waals surface area contributed by atoms with Crippen molar-refractivity contribution in [2.45, 2.75) is 36.2 Å². The standard InChI is InChI=1S/C14H21N3O4S/c1-16(2)11-5-4-10(8-11)15-13-7-6-12(17(18)19)9-14(13)22(3,20)21/h6-7,9-11,15H,4-5,8H2,1-3H3/t10-,11+/m1/s1. The minimum absolute atomic E-state index is 0.0185. The fourth-order valence-electron chi connectivity index (χ4n) is 2.83. The summed E-state index contributed by atoms with van der Waals surface area (Å²) in [4.78, 5) is 12.4. The second kappa shape index (κ2) is 6.21. The zero-order valence-electron chi connectivity index (χ0n) is 12.9. The Morgan fingerprint density at radius 1 is 1.32 bits per heavy atom. The van der Waals surface area contributed by atoms with Gasteiger partial charge >= 0.3 is 0 Å². The normalized spacial score (nSPS) is 22.0. The predicted molar refractivity (Wildman–Crippen MR) is 84.9 cm³/mol. The number of nitrogens with zero attached hydrogens (tertiary/aromatic N) is 2. The van der Waals surface area contributed by atoms with Gasteiger partial charge in [-0.05, 0) is 39.4 Å². The highest BCUT2D eigenvalue weighted by atomic mass is 32.2. The van der Waals surface area contributed by atoms with Crippen LogP contribution in [0.2, 0.25) is 0 Å². The highest BCUT2D eigenvalue weighted by Crippen LogP contribution is 2.31. The second-order valence-corrected chi connectivity index (χ2v) is 7.97. The molecule has 0 radical (unpaired) electrons. The van der Waals surface area contributed by atoms with Gasteiger partial charge in [-0.15, -0.1) is 0 Å². The molecule has 0 amide bonds. The maximum absolute atomic E-state index is 11.9. The number of hydrogen-bond acceptors (Lipinski definition) is 6. The molecule has 1 aliphatic rings. The van der Waals surface area contributed by atoms with E-state index >= 15 is 0 Å². The SMILES string of the molecule is CN(C)[C@H]1CC[C@@H](Nc2ccc([N+](=O)[O-])cc2S(C)(=O)=O)C1. The summed E-state index contributed by atoms with van der Waals surface area (Å²) >= 11 is 0. The number of rotatable bonds is 5. The number of hydrogen-bond donors (Lipinski definition) is 1. The third-order valence-corrected chi connectivity index (χ3v) is 5.21. The van der Waals surface area contributed by atoms with Gasteiger partial charge in [-0.3, -0.25) is 10.1 Å². The molecule has 7 nitrogen and oxygen atoms in total. The van der Waals surface area contributed by atoms with E-state index in [1.54, 1.807) is 0 Å². The summed E-state index contributed by atoms with van der Waals surface area (Å²) in [5, 5.41) is 14.1. The molecule has 1 saturated carbocycles. The van der Waals surface area contributed by atoms with Crippen molar-refractivity contribution in [1.29, 1.82) is 0 Å². The Balaban J connectivity index is 2.26. The van der Waals surface area contributed by atoms with Gasteiger partial charge in [-0.2, -0.15) is 0 Å². The van der Waals surface area contributed by atoms with E-state index in [1.807, 2.05) is 14.1 Å². The zero-order valence-corrected chi connectivity index (χ0v) is 13.8. The van der Waals surface area contributed by atoms with Crippen LogP contribution in [0.15, 0.2) is 23.1 Å². The molecule has 1 N–H and O–H groups in total. The van der Waals surface area contributed by atoms with Crippen LogP contribution in [0.4, 0.5) is 11.4 Å². The highest BCUT2D eigenvalue weighted by molar-refractivity contribution is 7.90. The monoisotopic (exact) mass is 327 g/mol. The maximum Gasteiger partial charge on any atom is 0.270 e. The second-order valence-electron chi connectivity index (χ2n) is 5.98. The van der Waals surface area contributed by atoms with Crippen LogP contribution in [0.3, 0.4) is 0 Å². The Labute approximate surface area is 130 Å². The molecule has 1 aromatic carbocycles. The number of nitrogens with one attached hydrogen (secondary N) is 1. The number of non-ortho nitro benzene ring substituents is 1. The van der Waals surface area contributed by atoms with E-state index in [0.717, 1.165) is 31.6 Å². The third-order valence-electron chi connectivity index (χ3n) is 4.07. The van der Waals surface area contributed by atoms with Crippen molar-refractivity contribution in [3.63, 3.8) is 0 Å². The lowest BCUT2D eigenvalue weighted by molar-refractivity contribution is -0.385. The molecule has 0 aliphatic heterocycles. The Hall–Kier alpha value is -1.67. The molecular formula is C14H21N3O4S. The van der Waals surface area contributed by atoms with Gasteiger partial charge < -0.3 is 10.2 Å². The topological polar surface area (TPSA) is 92.5 Å². The average Bonchev–Trinajstić information content (AvgIpc) is 2.86. The Morgan fingerprint density at radius 3 is 2.50 bits per heavy atom. The molecule has 0 unspecified atom stereocenters. The van der Waals surface area contributed by atoms with E-state index in [2.05, 4.69) is 10.2 Å². The average molecular weight is 327 g/mol. The number of sulfone groups is 1. The molecule has 8 heteroatoms. The van der Waals surface area contributed by atoms with Crippen LogP contribution in [-0.2, 0) is 9.84 Å². The third kappa shape index (κ3) is 3.75. The Morgan fingerprint density at radius 2 is 2.00 bits per heavy atom. The summed E-state index contributed by atoms with van der Waals surface area (Å²) in [6.07, 6.45) is 3.98. The van der Waals surface area contributed by atoms with Gasteiger partial charge in [0.05, 0.1) is 15.5 Å². The van der Waals surface area contributed by atoms with Crippen LogP contribution in [0.1, 0.15) is 19.3 Å². The fourth-order valence-corrected chi connectivity index (χ4v) is 3.69. The number of benzene rings is 1. The van der Waals surface area contributed by atoms with Crippen LogP contribution >= 0.6 is 0 Å². The molecule has 22 heavy (non-hydrogen) atoms. The zero-order chi connectivity index (χ0) is 16.5. The van der Waals surface area contributed by atoms with E-state index in [1.165, 1.54) is 12.1 Å². The van der Waals surface area contributed by atoms with Crippen molar-refractivity contribution >= 4 is 21.2 Å². The van der Waals surface area contributed by atoms with Crippen LogP contribution in [-0.4, -0.2) is 50.7 Å². The molecule has 1 aliphatic carbocycles. The van der Waals surface area contributed by atoms with Crippen LogP contribution < -0.4 is 5.32 Å². The van der Waals surface area contributed by atoms with E-state index < -0.39 is 14.8 Å². The number of nitro groups is 1. The summed E-state index contributed by atoms with van der Waals surface area (Å²) in [6.45, 7) is 0. The Kier molecular flexibility index (Phi) is 4.72. The van der Waals surface area contributed by atoms with Crippen molar-refractivity contribution in [1.82, 2.24) is 4.90 Å². The number of nitro benzene ring substituents is 1.